The zero-order chi connectivity index (χ0) is 9.80. The molecule has 1 fully saturated rings. The molecule has 2 rings (SSSR count). The molecule has 3 heteroatoms. The first-order chi connectivity index (χ1) is 6.86. The van der Waals surface area contributed by atoms with Crippen LogP contribution in [-0.2, 0) is 11.2 Å². The Morgan fingerprint density at radius 2 is 2.21 bits per heavy atom. The third-order valence-corrected chi connectivity index (χ3v) is 2.78. The van der Waals surface area contributed by atoms with Crippen LogP contribution in [-0.4, -0.2) is 18.2 Å². The first-order valence-electron chi connectivity index (χ1n) is 5.13. The second-order valence-electron chi connectivity index (χ2n) is 3.81. The number of ether oxygens (including phenoxy) is 1. The molecule has 0 aromatic carbocycles. The minimum Gasteiger partial charge on any atom is -0.383 e. The van der Waals surface area contributed by atoms with Gasteiger partial charge in [-0.1, -0.05) is 6.07 Å². The molecule has 0 unspecified atom stereocenters. The molecule has 3 nitrogen and oxygen atoms in total. The molecule has 1 aromatic rings. The van der Waals surface area contributed by atoms with Crippen molar-refractivity contribution in [2.45, 2.75) is 19.3 Å². The summed E-state index contributed by atoms with van der Waals surface area (Å²) in [6.07, 6.45) is 5.08. The van der Waals surface area contributed by atoms with Crippen LogP contribution in [0.2, 0.25) is 0 Å². The molecule has 76 valence electrons. The zero-order valence-corrected chi connectivity index (χ0v) is 8.28. The van der Waals surface area contributed by atoms with E-state index in [2.05, 4.69) is 11.1 Å². The molecule has 1 aromatic heterocycles. The Balaban J connectivity index is 1.99. The van der Waals surface area contributed by atoms with Crippen molar-refractivity contribution in [2.75, 3.05) is 18.9 Å². The maximum Gasteiger partial charge on any atom is 0.126 e. The van der Waals surface area contributed by atoms with Gasteiger partial charge in [0, 0.05) is 19.4 Å². The second kappa shape index (κ2) is 4.42. The number of pyridine rings is 1. The normalized spacial score (nSPS) is 18.3. The molecule has 0 spiro atoms. The van der Waals surface area contributed by atoms with Gasteiger partial charge in [-0.15, -0.1) is 0 Å². The van der Waals surface area contributed by atoms with Crippen LogP contribution in [0.4, 0.5) is 5.82 Å². The number of nitrogens with zero attached hydrogens (tertiary/aromatic N) is 1. The van der Waals surface area contributed by atoms with Crippen molar-refractivity contribution in [1.29, 1.82) is 0 Å². The number of rotatable bonds is 2. The van der Waals surface area contributed by atoms with Crippen LogP contribution in [0, 0.1) is 5.92 Å². The summed E-state index contributed by atoms with van der Waals surface area (Å²) in [5, 5.41) is 0. The third-order valence-electron chi connectivity index (χ3n) is 2.78. The van der Waals surface area contributed by atoms with Crippen LogP contribution in [0.3, 0.4) is 0 Å². The van der Waals surface area contributed by atoms with Crippen molar-refractivity contribution in [3.63, 3.8) is 0 Å². The summed E-state index contributed by atoms with van der Waals surface area (Å²) in [4.78, 5) is 4.09. The van der Waals surface area contributed by atoms with E-state index < -0.39 is 0 Å². The molecule has 0 saturated carbocycles. The predicted molar refractivity (Wildman–Crippen MR) is 55.9 cm³/mol. The molecule has 0 aliphatic carbocycles. The SMILES string of the molecule is Nc1ncccc1CC1CCOCC1. The zero-order valence-electron chi connectivity index (χ0n) is 8.28. The molecule has 1 aliphatic rings. The third kappa shape index (κ3) is 2.23. The lowest BCUT2D eigenvalue weighted by molar-refractivity contribution is 0.0665. The molecule has 2 N–H and O–H groups in total. The maximum atomic E-state index is 5.80. The topological polar surface area (TPSA) is 48.1 Å². The van der Waals surface area contributed by atoms with Crippen molar-refractivity contribution >= 4 is 5.82 Å². The number of aromatic nitrogens is 1. The van der Waals surface area contributed by atoms with Crippen molar-refractivity contribution in [1.82, 2.24) is 4.98 Å². The van der Waals surface area contributed by atoms with Gasteiger partial charge in [-0.25, -0.2) is 4.98 Å². The average molecular weight is 192 g/mol. The number of anilines is 1. The fraction of sp³-hybridized carbons (Fsp3) is 0.545. The summed E-state index contributed by atoms with van der Waals surface area (Å²) >= 11 is 0. The highest BCUT2D eigenvalue weighted by Crippen LogP contribution is 2.21. The Morgan fingerprint density at radius 3 is 2.93 bits per heavy atom. The van der Waals surface area contributed by atoms with Crippen molar-refractivity contribution in [3.8, 4) is 0 Å². The lowest BCUT2D eigenvalue weighted by atomic mass is 9.93. The molecule has 2 heterocycles. The smallest absolute Gasteiger partial charge is 0.126 e. The van der Waals surface area contributed by atoms with Gasteiger partial charge in [0.25, 0.3) is 0 Å². The molecular weight excluding hydrogens is 176 g/mol. The van der Waals surface area contributed by atoms with E-state index in [0.717, 1.165) is 38.4 Å². The summed E-state index contributed by atoms with van der Waals surface area (Å²) in [6.45, 7) is 1.79. The van der Waals surface area contributed by atoms with Gasteiger partial charge in [0.05, 0.1) is 0 Å². The van der Waals surface area contributed by atoms with E-state index in [4.69, 9.17) is 10.5 Å². The van der Waals surface area contributed by atoms with Gasteiger partial charge in [0.2, 0.25) is 0 Å². The van der Waals surface area contributed by atoms with Crippen molar-refractivity contribution < 1.29 is 4.74 Å². The van der Waals surface area contributed by atoms with E-state index in [0.29, 0.717) is 5.82 Å². The van der Waals surface area contributed by atoms with Crippen LogP contribution >= 0.6 is 0 Å². The van der Waals surface area contributed by atoms with Gasteiger partial charge >= 0.3 is 0 Å². The average Bonchev–Trinajstić information content (AvgIpc) is 2.23. The Kier molecular flexibility index (Phi) is 2.99. The van der Waals surface area contributed by atoms with Crippen LogP contribution in [0.25, 0.3) is 0 Å². The molecule has 0 radical (unpaired) electrons. The van der Waals surface area contributed by atoms with Crippen LogP contribution in [0.1, 0.15) is 18.4 Å². The molecule has 0 bridgehead atoms. The fourth-order valence-corrected chi connectivity index (χ4v) is 1.88. The molecule has 0 amide bonds. The highest BCUT2D eigenvalue weighted by Gasteiger charge is 2.15. The molecule has 1 saturated heterocycles. The summed E-state index contributed by atoms with van der Waals surface area (Å²) in [5.74, 6) is 1.40. The van der Waals surface area contributed by atoms with Gasteiger partial charge in [-0.05, 0) is 36.8 Å². The lowest BCUT2D eigenvalue weighted by Gasteiger charge is -2.22. The van der Waals surface area contributed by atoms with E-state index in [9.17, 15) is 0 Å². The highest BCUT2D eigenvalue weighted by molar-refractivity contribution is 5.38. The quantitative estimate of drug-likeness (QED) is 0.774. The molecule has 0 atom stereocenters. The Morgan fingerprint density at radius 1 is 1.43 bits per heavy atom. The molecule has 14 heavy (non-hydrogen) atoms. The number of hydrogen-bond donors (Lipinski definition) is 1. The highest BCUT2D eigenvalue weighted by atomic mass is 16.5. The van der Waals surface area contributed by atoms with Gasteiger partial charge in [0.15, 0.2) is 0 Å². The monoisotopic (exact) mass is 192 g/mol. The number of hydrogen-bond acceptors (Lipinski definition) is 3. The summed E-state index contributed by atoms with van der Waals surface area (Å²) < 4.78 is 5.32. The van der Waals surface area contributed by atoms with Gasteiger partial charge in [-0.2, -0.15) is 0 Å². The van der Waals surface area contributed by atoms with E-state index in [1.165, 1.54) is 5.56 Å². The van der Waals surface area contributed by atoms with Gasteiger partial charge < -0.3 is 10.5 Å². The van der Waals surface area contributed by atoms with E-state index in [1.807, 2.05) is 6.07 Å². The first kappa shape index (κ1) is 9.46. The number of nitrogens with two attached hydrogens (primary N) is 1. The Labute approximate surface area is 84.3 Å². The predicted octanol–water partition coefficient (Wildman–Crippen LogP) is 1.63. The van der Waals surface area contributed by atoms with Gasteiger partial charge in [0.1, 0.15) is 5.82 Å². The van der Waals surface area contributed by atoms with E-state index in [1.54, 1.807) is 6.20 Å². The summed E-state index contributed by atoms with van der Waals surface area (Å²) in [6, 6.07) is 4.02. The Bertz CT molecular complexity index is 295. The minimum absolute atomic E-state index is 0.680. The number of nitrogen functional groups attached to an aromatic ring is 1. The standard InChI is InChI=1S/C11H16N2O/c12-11-10(2-1-5-13-11)8-9-3-6-14-7-4-9/h1-2,5,9H,3-4,6-8H2,(H2,12,13). The van der Waals surface area contributed by atoms with Crippen molar-refractivity contribution in [3.05, 3.63) is 23.9 Å². The maximum absolute atomic E-state index is 5.80. The second-order valence-corrected chi connectivity index (χ2v) is 3.81. The Hall–Kier alpha value is -1.09. The van der Waals surface area contributed by atoms with Crippen molar-refractivity contribution in [2.24, 2.45) is 5.92 Å². The summed E-state index contributed by atoms with van der Waals surface area (Å²) in [5.41, 5.74) is 6.98. The lowest BCUT2D eigenvalue weighted by Crippen LogP contribution is -2.18. The van der Waals surface area contributed by atoms with Crippen LogP contribution < -0.4 is 5.73 Å². The molecular formula is C11H16N2O. The first-order valence-corrected chi connectivity index (χ1v) is 5.13. The van der Waals surface area contributed by atoms with E-state index >= 15 is 0 Å². The summed E-state index contributed by atoms with van der Waals surface area (Å²) in [7, 11) is 0. The van der Waals surface area contributed by atoms with Gasteiger partial charge in [-0.3, -0.25) is 0 Å². The van der Waals surface area contributed by atoms with Crippen LogP contribution in [0.5, 0.6) is 0 Å². The molecule has 1 aliphatic heterocycles. The largest absolute Gasteiger partial charge is 0.383 e. The van der Waals surface area contributed by atoms with E-state index in [-0.39, 0.29) is 0 Å². The minimum atomic E-state index is 0.680. The van der Waals surface area contributed by atoms with Crippen LogP contribution in [0.15, 0.2) is 18.3 Å². The fourth-order valence-electron chi connectivity index (χ4n) is 1.88.